The molecule has 0 bridgehead atoms. The number of aromatic nitrogens is 2. The van der Waals surface area contributed by atoms with E-state index in [9.17, 15) is 13.2 Å². The van der Waals surface area contributed by atoms with Crippen LogP contribution in [0.25, 0.3) is 0 Å². The lowest BCUT2D eigenvalue weighted by atomic mass is 10.2. The molecule has 0 saturated heterocycles. The van der Waals surface area contributed by atoms with Crippen LogP contribution >= 0.6 is 0 Å². The van der Waals surface area contributed by atoms with Crippen LogP contribution in [0.2, 0.25) is 0 Å². The Hall–Kier alpha value is -2.15. The molecule has 21 heavy (non-hydrogen) atoms. The van der Waals surface area contributed by atoms with Crippen LogP contribution in [0, 0.1) is 6.92 Å². The third kappa shape index (κ3) is 3.49. The lowest BCUT2D eigenvalue weighted by molar-refractivity contribution is 0.112. The topological polar surface area (TPSA) is 81.1 Å². The molecule has 0 amide bonds. The zero-order chi connectivity index (χ0) is 15.5. The number of hydrogen-bond donors (Lipinski definition) is 1. The molecule has 0 saturated carbocycles. The maximum absolute atomic E-state index is 12.3. The first kappa shape index (κ1) is 15.2. The van der Waals surface area contributed by atoms with Gasteiger partial charge < -0.3 is 4.57 Å². The zero-order valence-corrected chi connectivity index (χ0v) is 12.7. The maximum Gasteiger partial charge on any atom is 0.280 e. The first-order chi connectivity index (χ1) is 9.96. The normalized spacial score (nSPS) is 11.3. The minimum absolute atomic E-state index is 0.00656. The second kappa shape index (κ2) is 6.09. The summed E-state index contributed by atoms with van der Waals surface area (Å²) in [6.45, 7) is 4.51. The number of hydrogen-bond acceptors (Lipinski definition) is 4. The van der Waals surface area contributed by atoms with Crippen LogP contribution < -0.4 is 4.72 Å². The Labute approximate surface area is 123 Å². The predicted molar refractivity (Wildman–Crippen MR) is 79.9 cm³/mol. The third-order valence-electron chi connectivity index (χ3n) is 2.99. The molecule has 1 heterocycles. The van der Waals surface area contributed by atoms with E-state index in [1.165, 1.54) is 18.3 Å². The third-order valence-corrected chi connectivity index (χ3v) is 4.24. The minimum atomic E-state index is -3.72. The summed E-state index contributed by atoms with van der Waals surface area (Å²) in [6, 6.07) is 6.17. The smallest absolute Gasteiger partial charge is 0.280 e. The lowest BCUT2D eigenvalue weighted by Gasteiger charge is -2.05. The number of imidazole rings is 1. The van der Waals surface area contributed by atoms with Gasteiger partial charge in [-0.25, -0.2) is 4.98 Å². The van der Waals surface area contributed by atoms with Gasteiger partial charge in [0.25, 0.3) is 10.0 Å². The summed E-state index contributed by atoms with van der Waals surface area (Å²) in [4.78, 5) is 14.7. The average Bonchev–Trinajstić information content (AvgIpc) is 2.82. The van der Waals surface area contributed by atoms with E-state index < -0.39 is 10.0 Å². The van der Waals surface area contributed by atoms with E-state index in [-0.39, 0.29) is 5.03 Å². The maximum atomic E-state index is 12.3. The molecule has 0 aliphatic carbocycles. The molecule has 1 N–H and O–H groups in total. The molecule has 0 unspecified atom stereocenters. The molecule has 0 fully saturated rings. The minimum Gasteiger partial charge on any atom is -0.334 e. The SMILES string of the molecule is CCCn1cc(S(=O)(=O)Nc2ccc(C=O)cc2)nc1C. The van der Waals surface area contributed by atoms with Crippen molar-refractivity contribution in [1.82, 2.24) is 9.55 Å². The number of rotatable bonds is 6. The van der Waals surface area contributed by atoms with Crippen LogP contribution in [0.4, 0.5) is 5.69 Å². The van der Waals surface area contributed by atoms with Crippen LogP contribution in [0.15, 0.2) is 35.5 Å². The highest BCUT2D eigenvalue weighted by Gasteiger charge is 2.19. The van der Waals surface area contributed by atoms with Gasteiger partial charge in [0.1, 0.15) is 12.1 Å². The monoisotopic (exact) mass is 307 g/mol. The van der Waals surface area contributed by atoms with Gasteiger partial charge in [0.15, 0.2) is 5.03 Å². The molecule has 1 aromatic carbocycles. The molecule has 7 heteroatoms. The number of benzene rings is 1. The highest BCUT2D eigenvalue weighted by Crippen LogP contribution is 2.16. The lowest BCUT2D eigenvalue weighted by Crippen LogP contribution is -2.13. The number of sulfonamides is 1. The van der Waals surface area contributed by atoms with E-state index in [2.05, 4.69) is 9.71 Å². The fourth-order valence-electron chi connectivity index (χ4n) is 1.91. The number of nitrogens with one attached hydrogen (secondary N) is 1. The Morgan fingerprint density at radius 1 is 1.29 bits per heavy atom. The Kier molecular flexibility index (Phi) is 4.42. The van der Waals surface area contributed by atoms with Gasteiger partial charge in [-0.05, 0) is 37.6 Å². The molecule has 112 valence electrons. The highest BCUT2D eigenvalue weighted by atomic mass is 32.2. The van der Waals surface area contributed by atoms with Crippen molar-refractivity contribution in [3.8, 4) is 0 Å². The second-order valence-electron chi connectivity index (χ2n) is 4.67. The van der Waals surface area contributed by atoms with Gasteiger partial charge in [-0.2, -0.15) is 8.42 Å². The number of carbonyl (C=O) groups is 1. The first-order valence-corrected chi connectivity index (χ1v) is 8.06. The summed E-state index contributed by atoms with van der Waals surface area (Å²) in [5.41, 5.74) is 0.879. The summed E-state index contributed by atoms with van der Waals surface area (Å²) in [5.74, 6) is 0.661. The summed E-state index contributed by atoms with van der Waals surface area (Å²) in [5, 5.41) is -0.00656. The van der Waals surface area contributed by atoms with Crippen LogP contribution in [0.3, 0.4) is 0 Å². The predicted octanol–water partition coefficient (Wildman–Crippen LogP) is 2.21. The van der Waals surface area contributed by atoms with Crippen molar-refractivity contribution in [2.75, 3.05) is 4.72 Å². The van der Waals surface area contributed by atoms with E-state index in [0.29, 0.717) is 23.4 Å². The van der Waals surface area contributed by atoms with Crippen molar-refractivity contribution in [3.05, 3.63) is 41.9 Å². The summed E-state index contributed by atoms with van der Waals surface area (Å²) in [7, 11) is -3.72. The zero-order valence-electron chi connectivity index (χ0n) is 11.9. The summed E-state index contributed by atoms with van der Waals surface area (Å²) in [6.07, 6.45) is 3.13. The quantitative estimate of drug-likeness (QED) is 0.830. The Morgan fingerprint density at radius 3 is 2.52 bits per heavy atom. The molecule has 0 atom stereocenters. The molecule has 1 aromatic heterocycles. The Balaban J connectivity index is 2.24. The Bertz CT molecular complexity index is 733. The van der Waals surface area contributed by atoms with Crippen LogP contribution in [-0.4, -0.2) is 24.3 Å². The van der Waals surface area contributed by atoms with Crippen LogP contribution in [0.5, 0.6) is 0 Å². The second-order valence-corrected chi connectivity index (χ2v) is 6.29. The largest absolute Gasteiger partial charge is 0.334 e. The van der Waals surface area contributed by atoms with E-state index in [1.54, 1.807) is 19.1 Å². The van der Waals surface area contributed by atoms with Gasteiger partial charge >= 0.3 is 0 Å². The van der Waals surface area contributed by atoms with Crippen molar-refractivity contribution in [2.45, 2.75) is 31.8 Å². The van der Waals surface area contributed by atoms with Crippen molar-refractivity contribution < 1.29 is 13.2 Å². The molecule has 0 radical (unpaired) electrons. The number of carbonyl (C=O) groups excluding carboxylic acids is 1. The van der Waals surface area contributed by atoms with Gasteiger partial charge in [0.2, 0.25) is 0 Å². The number of aryl methyl sites for hydroxylation is 2. The van der Waals surface area contributed by atoms with Gasteiger partial charge in [-0.3, -0.25) is 9.52 Å². The molecule has 0 aliphatic rings. The Morgan fingerprint density at radius 2 is 1.95 bits per heavy atom. The number of anilines is 1. The molecular formula is C14H17N3O3S. The van der Waals surface area contributed by atoms with E-state index in [1.807, 2.05) is 11.5 Å². The molecule has 2 aromatic rings. The van der Waals surface area contributed by atoms with Crippen LogP contribution in [0.1, 0.15) is 29.5 Å². The molecule has 2 rings (SSSR count). The van der Waals surface area contributed by atoms with Crippen molar-refractivity contribution in [2.24, 2.45) is 0 Å². The van der Waals surface area contributed by atoms with Gasteiger partial charge in [0.05, 0.1) is 0 Å². The fraction of sp³-hybridized carbons (Fsp3) is 0.286. The molecular weight excluding hydrogens is 290 g/mol. The van der Waals surface area contributed by atoms with Crippen molar-refractivity contribution in [1.29, 1.82) is 0 Å². The molecule has 6 nitrogen and oxygen atoms in total. The van der Waals surface area contributed by atoms with E-state index in [4.69, 9.17) is 0 Å². The summed E-state index contributed by atoms with van der Waals surface area (Å²) < 4.78 is 28.8. The van der Waals surface area contributed by atoms with Crippen molar-refractivity contribution >= 4 is 22.0 Å². The molecule has 0 aliphatic heterocycles. The summed E-state index contributed by atoms with van der Waals surface area (Å²) >= 11 is 0. The average molecular weight is 307 g/mol. The highest BCUT2D eigenvalue weighted by molar-refractivity contribution is 7.92. The van der Waals surface area contributed by atoms with Gasteiger partial charge in [-0.15, -0.1) is 0 Å². The first-order valence-electron chi connectivity index (χ1n) is 6.58. The van der Waals surface area contributed by atoms with E-state index >= 15 is 0 Å². The van der Waals surface area contributed by atoms with Crippen molar-refractivity contribution in [3.63, 3.8) is 0 Å². The fourth-order valence-corrected chi connectivity index (χ4v) is 2.98. The number of aldehydes is 1. The molecule has 0 spiro atoms. The van der Waals surface area contributed by atoms with Crippen LogP contribution in [-0.2, 0) is 16.6 Å². The van der Waals surface area contributed by atoms with Gasteiger partial charge in [0, 0.05) is 24.0 Å². The van der Waals surface area contributed by atoms with E-state index in [0.717, 1.165) is 13.0 Å². The standard InChI is InChI=1S/C14H17N3O3S/c1-3-8-17-9-14(15-11(17)2)21(19,20)16-13-6-4-12(10-18)5-7-13/h4-7,9-10,16H,3,8H2,1-2H3. The number of nitrogens with zero attached hydrogens (tertiary/aromatic N) is 2. The van der Waals surface area contributed by atoms with Gasteiger partial charge in [-0.1, -0.05) is 6.92 Å².